The Morgan fingerprint density at radius 3 is 2.48 bits per heavy atom. The van der Waals surface area contributed by atoms with Gasteiger partial charge in [-0.1, -0.05) is 24.3 Å². The van der Waals surface area contributed by atoms with E-state index in [-0.39, 0.29) is 11.7 Å². The number of morpholine rings is 1. The first-order chi connectivity index (χ1) is 10.2. The molecule has 21 heavy (non-hydrogen) atoms. The molecule has 2 saturated heterocycles. The van der Waals surface area contributed by atoms with Crippen LogP contribution in [0, 0.1) is 17.2 Å². The van der Waals surface area contributed by atoms with Crippen molar-refractivity contribution in [1.29, 1.82) is 5.26 Å². The summed E-state index contributed by atoms with van der Waals surface area (Å²) in [6.07, 6.45) is 2.15. The smallest absolute Gasteiger partial charge is 0.166 e. The molecule has 0 amide bonds. The molecular weight excluding hydrogens is 264 g/mol. The van der Waals surface area contributed by atoms with Crippen LogP contribution in [-0.4, -0.2) is 43.0 Å². The molecule has 4 heteroatoms. The van der Waals surface area contributed by atoms with Crippen molar-refractivity contribution in [3.8, 4) is 6.07 Å². The highest BCUT2D eigenvalue weighted by Crippen LogP contribution is 2.32. The fourth-order valence-electron chi connectivity index (χ4n) is 3.42. The maximum Gasteiger partial charge on any atom is 0.166 e. The zero-order valence-corrected chi connectivity index (χ0v) is 12.3. The number of Topliss-reactive ketones (excluding diaryl/α,β-unsaturated/α-hetero) is 1. The number of ketones is 1. The molecule has 0 aromatic heterocycles. The van der Waals surface area contributed by atoms with Gasteiger partial charge in [-0.2, -0.15) is 5.26 Å². The molecule has 0 radical (unpaired) electrons. The van der Waals surface area contributed by atoms with Crippen LogP contribution in [0.2, 0.25) is 0 Å². The Bertz CT molecular complexity index is 547. The molecule has 3 rings (SSSR count). The van der Waals surface area contributed by atoms with Crippen LogP contribution < -0.4 is 0 Å². The van der Waals surface area contributed by atoms with Gasteiger partial charge in [0.25, 0.3) is 0 Å². The zero-order valence-electron chi connectivity index (χ0n) is 12.3. The van der Waals surface area contributed by atoms with Crippen molar-refractivity contribution in [1.82, 2.24) is 4.90 Å². The Morgan fingerprint density at radius 2 is 1.90 bits per heavy atom. The second-order valence-corrected chi connectivity index (χ2v) is 6.07. The summed E-state index contributed by atoms with van der Waals surface area (Å²) in [6, 6.07) is 10.3. The molecule has 1 aromatic rings. The Hall–Kier alpha value is -1.70. The topological polar surface area (TPSA) is 53.3 Å². The lowest BCUT2D eigenvalue weighted by atomic mass is 9.81. The Labute approximate surface area is 125 Å². The van der Waals surface area contributed by atoms with Crippen molar-refractivity contribution in [2.45, 2.75) is 31.3 Å². The van der Waals surface area contributed by atoms with E-state index in [0.29, 0.717) is 18.5 Å². The fraction of sp³-hybridized carbons (Fsp3) is 0.529. The van der Waals surface area contributed by atoms with Crippen LogP contribution in [0.3, 0.4) is 0 Å². The minimum Gasteiger partial charge on any atom is -0.378 e. The third kappa shape index (κ3) is 2.85. The van der Waals surface area contributed by atoms with E-state index in [0.717, 1.165) is 37.2 Å². The number of nitriles is 1. The number of ether oxygens (including phenoxy) is 1. The molecule has 1 aromatic carbocycles. The first-order valence-corrected chi connectivity index (χ1v) is 7.49. The van der Waals surface area contributed by atoms with E-state index >= 15 is 0 Å². The van der Waals surface area contributed by atoms with Gasteiger partial charge in [0.2, 0.25) is 0 Å². The van der Waals surface area contributed by atoms with Crippen molar-refractivity contribution in [2.75, 3.05) is 20.3 Å². The van der Waals surface area contributed by atoms with E-state index in [1.165, 1.54) is 0 Å². The van der Waals surface area contributed by atoms with Crippen LogP contribution in [-0.2, 0) is 11.2 Å². The van der Waals surface area contributed by atoms with Crippen molar-refractivity contribution in [2.24, 2.45) is 5.92 Å². The average Bonchev–Trinajstić information content (AvgIpc) is 2.47. The quantitative estimate of drug-likeness (QED) is 0.797. The Balaban J connectivity index is 1.72. The fourth-order valence-corrected chi connectivity index (χ4v) is 3.42. The van der Waals surface area contributed by atoms with E-state index in [2.05, 4.69) is 18.0 Å². The van der Waals surface area contributed by atoms with Crippen LogP contribution in [0.5, 0.6) is 0 Å². The number of fused-ring (bicyclic) bond motifs is 2. The Kier molecular flexibility index (Phi) is 4.05. The molecule has 0 spiro atoms. The van der Waals surface area contributed by atoms with Crippen molar-refractivity contribution in [3.63, 3.8) is 0 Å². The average molecular weight is 284 g/mol. The highest BCUT2D eigenvalue weighted by atomic mass is 16.5. The molecule has 2 heterocycles. The zero-order chi connectivity index (χ0) is 14.8. The lowest BCUT2D eigenvalue weighted by Gasteiger charge is -2.46. The number of likely N-dealkylation sites (N-methyl/N-ethyl adjacent to an activating group) is 1. The second kappa shape index (κ2) is 5.97. The summed E-state index contributed by atoms with van der Waals surface area (Å²) >= 11 is 0. The minimum atomic E-state index is 0.0990. The highest BCUT2D eigenvalue weighted by Gasteiger charge is 2.39. The first-order valence-electron chi connectivity index (χ1n) is 7.49. The van der Waals surface area contributed by atoms with Crippen molar-refractivity contribution in [3.05, 3.63) is 35.4 Å². The lowest BCUT2D eigenvalue weighted by molar-refractivity contribution is -0.0702. The van der Waals surface area contributed by atoms with E-state index in [1.807, 2.05) is 24.3 Å². The van der Waals surface area contributed by atoms with Crippen LogP contribution in [0.4, 0.5) is 0 Å². The largest absolute Gasteiger partial charge is 0.378 e. The highest BCUT2D eigenvalue weighted by molar-refractivity contribution is 5.98. The van der Waals surface area contributed by atoms with Crippen molar-refractivity contribution >= 4 is 5.78 Å². The van der Waals surface area contributed by atoms with Crippen LogP contribution in [0.1, 0.15) is 28.8 Å². The predicted octanol–water partition coefficient (Wildman–Crippen LogP) is 2.04. The van der Waals surface area contributed by atoms with Gasteiger partial charge in [-0.3, -0.25) is 9.69 Å². The molecule has 2 atom stereocenters. The third-order valence-electron chi connectivity index (χ3n) is 4.78. The summed E-state index contributed by atoms with van der Waals surface area (Å²) in [6.45, 7) is 1.47. The molecule has 2 unspecified atom stereocenters. The summed E-state index contributed by atoms with van der Waals surface area (Å²) in [5.74, 6) is 0.338. The van der Waals surface area contributed by atoms with E-state index in [4.69, 9.17) is 10.00 Å². The van der Waals surface area contributed by atoms with Gasteiger partial charge < -0.3 is 4.74 Å². The van der Waals surface area contributed by atoms with Crippen LogP contribution in [0.15, 0.2) is 24.3 Å². The van der Waals surface area contributed by atoms with Gasteiger partial charge in [-0.05, 0) is 25.5 Å². The van der Waals surface area contributed by atoms with Gasteiger partial charge >= 0.3 is 0 Å². The number of carbonyl (C=O) groups excluding carboxylic acids is 1. The maximum absolute atomic E-state index is 12.7. The standard InChI is InChI=1S/C17H20N2O2/c1-19-15-8-14(9-16(19)11-21-10-15)17(20)13-4-2-12(3-5-13)6-7-18/h2-5,14-16H,6,8-11H2,1H3. The predicted molar refractivity (Wildman–Crippen MR) is 79.0 cm³/mol. The molecule has 0 N–H and O–H groups in total. The van der Waals surface area contributed by atoms with E-state index in [9.17, 15) is 4.79 Å². The first kappa shape index (κ1) is 14.2. The van der Waals surface area contributed by atoms with E-state index in [1.54, 1.807) is 0 Å². The summed E-state index contributed by atoms with van der Waals surface area (Å²) in [5.41, 5.74) is 1.73. The number of carbonyl (C=O) groups is 1. The molecule has 110 valence electrons. The lowest BCUT2D eigenvalue weighted by Crippen LogP contribution is -2.55. The normalized spacial score (nSPS) is 28.9. The van der Waals surface area contributed by atoms with E-state index < -0.39 is 0 Å². The van der Waals surface area contributed by atoms with Gasteiger partial charge in [-0.25, -0.2) is 0 Å². The number of benzene rings is 1. The second-order valence-electron chi connectivity index (χ2n) is 6.07. The summed E-state index contributed by atoms with van der Waals surface area (Å²) in [7, 11) is 2.13. The minimum absolute atomic E-state index is 0.0990. The SMILES string of the molecule is CN1C2COCC1CC(C(=O)c1ccc(CC#N)cc1)C2. The van der Waals surface area contributed by atoms with Gasteiger partial charge in [0.1, 0.15) is 0 Å². The summed E-state index contributed by atoms with van der Waals surface area (Å²) in [4.78, 5) is 15.0. The monoisotopic (exact) mass is 284 g/mol. The van der Waals surface area contributed by atoms with Gasteiger partial charge in [0, 0.05) is 23.6 Å². The third-order valence-corrected chi connectivity index (χ3v) is 4.78. The maximum atomic E-state index is 12.7. The molecule has 0 aliphatic carbocycles. The molecule has 2 fully saturated rings. The summed E-state index contributed by atoms with van der Waals surface area (Å²) in [5, 5.41) is 8.69. The molecular formula is C17H20N2O2. The molecule has 4 nitrogen and oxygen atoms in total. The number of rotatable bonds is 3. The van der Waals surface area contributed by atoms with Gasteiger partial charge in [-0.15, -0.1) is 0 Å². The number of hydrogen-bond donors (Lipinski definition) is 0. The molecule has 2 bridgehead atoms. The van der Waals surface area contributed by atoms with Gasteiger partial charge in [0.05, 0.1) is 25.7 Å². The van der Waals surface area contributed by atoms with Gasteiger partial charge in [0.15, 0.2) is 5.78 Å². The number of hydrogen-bond acceptors (Lipinski definition) is 4. The summed E-state index contributed by atoms with van der Waals surface area (Å²) < 4.78 is 5.60. The van der Waals surface area contributed by atoms with Crippen molar-refractivity contribution < 1.29 is 9.53 Å². The molecule has 2 aliphatic rings. The van der Waals surface area contributed by atoms with Crippen LogP contribution >= 0.6 is 0 Å². The van der Waals surface area contributed by atoms with Crippen LogP contribution in [0.25, 0.3) is 0 Å². The number of piperidine rings is 1. The Morgan fingerprint density at radius 1 is 1.29 bits per heavy atom. The molecule has 0 saturated carbocycles. The molecule has 2 aliphatic heterocycles. The number of nitrogens with zero attached hydrogens (tertiary/aromatic N) is 2.